The molecule has 3 aromatic rings. The summed E-state index contributed by atoms with van der Waals surface area (Å²) in [5.41, 5.74) is 6.31. The predicted molar refractivity (Wildman–Crippen MR) is 87.1 cm³/mol. The van der Waals surface area contributed by atoms with Gasteiger partial charge in [-0.25, -0.2) is 4.98 Å². The Morgan fingerprint density at radius 3 is 2.86 bits per heavy atom. The molecule has 0 unspecified atom stereocenters. The van der Waals surface area contributed by atoms with Crippen LogP contribution in [0.2, 0.25) is 0 Å². The van der Waals surface area contributed by atoms with Gasteiger partial charge >= 0.3 is 0 Å². The highest BCUT2D eigenvalue weighted by Gasteiger charge is 2.11. The van der Waals surface area contributed by atoms with Crippen LogP contribution in [0, 0.1) is 0 Å². The van der Waals surface area contributed by atoms with E-state index >= 15 is 0 Å². The SMILES string of the molecule is CCn1c(NNC(=O)c2ccsc2)nc2ccccc2c1=O. The fourth-order valence-electron chi connectivity index (χ4n) is 2.14. The van der Waals surface area contributed by atoms with Crippen molar-refractivity contribution in [2.24, 2.45) is 0 Å². The van der Waals surface area contributed by atoms with E-state index in [0.29, 0.717) is 29.0 Å². The summed E-state index contributed by atoms with van der Waals surface area (Å²) in [5.74, 6) is 0.0427. The normalized spacial score (nSPS) is 10.6. The molecule has 2 aromatic heterocycles. The molecule has 0 fully saturated rings. The predicted octanol–water partition coefficient (Wildman–Crippen LogP) is 2.23. The number of hydrogen-bond donors (Lipinski definition) is 2. The number of nitrogens with zero attached hydrogens (tertiary/aromatic N) is 2. The van der Waals surface area contributed by atoms with Crippen LogP contribution in [0.5, 0.6) is 0 Å². The molecule has 0 aliphatic carbocycles. The van der Waals surface area contributed by atoms with Crippen molar-refractivity contribution >= 4 is 34.1 Å². The molecule has 0 aliphatic rings. The van der Waals surface area contributed by atoms with Crippen LogP contribution < -0.4 is 16.4 Å². The molecule has 112 valence electrons. The molecule has 7 heteroatoms. The van der Waals surface area contributed by atoms with Crippen LogP contribution in [-0.2, 0) is 6.54 Å². The van der Waals surface area contributed by atoms with Crippen molar-refractivity contribution in [3.63, 3.8) is 0 Å². The van der Waals surface area contributed by atoms with E-state index in [4.69, 9.17) is 0 Å². The second-order valence-corrected chi connectivity index (χ2v) is 5.37. The minimum absolute atomic E-state index is 0.139. The van der Waals surface area contributed by atoms with Gasteiger partial charge in [-0.2, -0.15) is 11.3 Å². The van der Waals surface area contributed by atoms with Crippen LogP contribution in [0.3, 0.4) is 0 Å². The Labute approximate surface area is 130 Å². The largest absolute Gasteiger partial charge is 0.277 e. The summed E-state index contributed by atoms with van der Waals surface area (Å²) in [5, 5.41) is 4.13. The Morgan fingerprint density at radius 1 is 1.32 bits per heavy atom. The standard InChI is InChI=1S/C15H14N4O2S/c1-2-19-14(21)11-5-3-4-6-12(11)16-15(19)18-17-13(20)10-7-8-22-9-10/h3-9H,2H2,1H3,(H,16,18)(H,17,20). The molecule has 0 aliphatic heterocycles. The summed E-state index contributed by atoms with van der Waals surface area (Å²) >= 11 is 1.44. The van der Waals surface area contributed by atoms with E-state index in [9.17, 15) is 9.59 Å². The molecule has 2 N–H and O–H groups in total. The quantitative estimate of drug-likeness (QED) is 0.724. The number of carbonyl (C=O) groups is 1. The molecule has 1 aromatic carbocycles. The van der Waals surface area contributed by atoms with E-state index in [0.717, 1.165) is 0 Å². The van der Waals surface area contributed by atoms with Crippen molar-refractivity contribution in [1.29, 1.82) is 0 Å². The first-order valence-corrected chi connectivity index (χ1v) is 7.73. The second kappa shape index (κ2) is 5.98. The van der Waals surface area contributed by atoms with Crippen molar-refractivity contribution in [2.75, 3.05) is 5.43 Å². The fourth-order valence-corrected chi connectivity index (χ4v) is 2.77. The Hall–Kier alpha value is -2.67. The average Bonchev–Trinajstić information content (AvgIpc) is 3.07. The molecule has 22 heavy (non-hydrogen) atoms. The van der Waals surface area contributed by atoms with E-state index in [-0.39, 0.29) is 11.5 Å². The van der Waals surface area contributed by atoms with Gasteiger partial charge in [0.15, 0.2) is 0 Å². The van der Waals surface area contributed by atoms with Gasteiger partial charge in [0.05, 0.1) is 16.5 Å². The number of rotatable bonds is 4. The molecule has 0 radical (unpaired) electrons. The molecular formula is C15H14N4O2S. The first-order chi connectivity index (χ1) is 10.7. The lowest BCUT2D eigenvalue weighted by atomic mass is 10.2. The van der Waals surface area contributed by atoms with E-state index < -0.39 is 0 Å². The second-order valence-electron chi connectivity index (χ2n) is 4.59. The van der Waals surface area contributed by atoms with E-state index in [2.05, 4.69) is 15.8 Å². The highest BCUT2D eigenvalue weighted by Crippen LogP contribution is 2.11. The van der Waals surface area contributed by atoms with Crippen molar-refractivity contribution in [3.05, 3.63) is 57.0 Å². The van der Waals surface area contributed by atoms with Crippen molar-refractivity contribution in [3.8, 4) is 0 Å². The topological polar surface area (TPSA) is 76.0 Å². The Kier molecular flexibility index (Phi) is 3.88. The van der Waals surface area contributed by atoms with E-state index in [1.807, 2.05) is 18.4 Å². The van der Waals surface area contributed by atoms with Crippen LogP contribution in [0.15, 0.2) is 45.9 Å². The zero-order valence-corrected chi connectivity index (χ0v) is 12.7. The maximum Gasteiger partial charge on any atom is 0.270 e. The summed E-state index contributed by atoms with van der Waals surface area (Å²) < 4.78 is 1.48. The lowest BCUT2D eigenvalue weighted by Crippen LogP contribution is -2.34. The molecular weight excluding hydrogens is 300 g/mol. The third-order valence-corrected chi connectivity index (χ3v) is 3.93. The number of benzene rings is 1. The van der Waals surface area contributed by atoms with Crippen LogP contribution in [0.1, 0.15) is 17.3 Å². The van der Waals surface area contributed by atoms with Crippen molar-refractivity contribution < 1.29 is 4.79 Å². The lowest BCUT2D eigenvalue weighted by Gasteiger charge is -2.13. The number of nitrogens with one attached hydrogen (secondary N) is 2. The van der Waals surface area contributed by atoms with Gasteiger partial charge in [0.2, 0.25) is 5.95 Å². The maximum atomic E-state index is 12.4. The van der Waals surface area contributed by atoms with Crippen LogP contribution in [0.4, 0.5) is 5.95 Å². The molecule has 0 spiro atoms. The number of carbonyl (C=O) groups excluding carboxylic acids is 1. The van der Waals surface area contributed by atoms with Crippen molar-refractivity contribution in [1.82, 2.24) is 15.0 Å². The zero-order valence-electron chi connectivity index (χ0n) is 11.9. The molecule has 0 atom stereocenters. The number of hydrazine groups is 1. The first kappa shape index (κ1) is 14.3. The van der Waals surface area contributed by atoms with Crippen LogP contribution in [-0.4, -0.2) is 15.5 Å². The number of aromatic nitrogens is 2. The number of amides is 1. The fraction of sp³-hybridized carbons (Fsp3) is 0.133. The first-order valence-electron chi connectivity index (χ1n) is 6.79. The molecule has 3 rings (SSSR count). The molecule has 1 amide bonds. The Morgan fingerprint density at radius 2 is 2.14 bits per heavy atom. The highest BCUT2D eigenvalue weighted by molar-refractivity contribution is 7.08. The number of hydrogen-bond acceptors (Lipinski definition) is 5. The molecule has 2 heterocycles. The molecule has 0 saturated heterocycles. The van der Waals surface area contributed by atoms with Gasteiger partial charge in [-0.15, -0.1) is 0 Å². The molecule has 6 nitrogen and oxygen atoms in total. The van der Waals surface area contributed by atoms with Gasteiger partial charge in [-0.3, -0.25) is 25.0 Å². The highest BCUT2D eigenvalue weighted by atomic mass is 32.1. The van der Waals surface area contributed by atoms with Gasteiger partial charge in [-0.05, 0) is 30.5 Å². The monoisotopic (exact) mass is 314 g/mol. The summed E-state index contributed by atoms with van der Waals surface area (Å²) in [6.45, 7) is 2.30. The summed E-state index contributed by atoms with van der Waals surface area (Å²) in [7, 11) is 0. The third-order valence-electron chi connectivity index (χ3n) is 3.25. The van der Waals surface area contributed by atoms with Gasteiger partial charge in [-0.1, -0.05) is 12.1 Å². The smallest absolute Gasteiger partial charge is 0.270 e. The van der Waals surface area contributed by atoms with Gasteiger partial charge < -0.3 is 0 Å². The zero-order chi connectivity index (χ0) is 15.5. The van der Waals surface area contributed by atoms with Gasteiger partial charge in [0, 0.05) is 11.9 Å². The van der Waals surface area contributed by atoms with Gasteiger partial charge in [0.1, 0.15) is 0 Å². The summed E-state index contributed by atoms with van der Waals surface area (Å²) in [6, 6.07) is 8.85. The lowest BCUT2D eigenvalue weighted by molar-refractivity contribution is 0.0962. The minimum atomic E-state index is -0.272. The van der Waals surface area contributed by atoms with Crippen LogP contribution in [0.25, 0.3) is 10.9 Å². The summed E-state index contributed by atoms with van der Waals surface area (Å²) in [6.07, 6.45) is 0. The molecule has 0 saturated carbocycles. The maximum absolute atomic E-state index is 12.4. The number of thiophene rings is 1. The Balaban J connectivity index is 1.93. The van der Waals surface area contributed by atoms with Crippen molar-refractivity contribution in [2.45, 2.75) is 13.5 Å². The van der Waals surface area contributed by atoms with E-state index in [1.165, 1.54) is 15.9 Å². The Bertz CT molecular complexity index is 871. The summed E-state index contributed by atoms with van der Waals surface area (Å²) in [4.78, 5) is 28.8. The van der Waals surface area contributed by atoms with E-state index in [1.54, 1.807) is 29.6 Å². The number of para-hydroxylation sites is 1. The average molecular weight is 314 g/mol. The number of fused-ring (bicyclic) bond motifs is 1. The van der Waals surface area contributed by atoms with Gasteiger partial charge in [0.25, 0.3) is 11.5 Å². The minimum Gasteiger partial charge on any atom is -0.277 e. The number of anilines is 1. The molecule has 0 bridgehead atoms. The van der Waals surface area contributed by atoms with Crippen LogP contribution >= 0.6 is 11.3 Å². The third kappa shape index (κ3) is 2.58.